The average Bonchev–Trinajstić information content (AvgIpc) is 3.13. The molecule has 2 unspecified atom stereocenters. The third-order valence-corrected chi connectivity index (χ3v) is 9.07. The van der Waals surface area contributed by atoms with Gasteiger partial charge in [0.1, 0.15) is 12.1 Å². The maximum Gasteiger partial charge on any atom is 0.326 e. The molecule has 0 fully saturated rings. The summed E-state index contributed by atoms with van der Waals surface area (Å²) in [5.74, 6) is -1.28. The summed E-state index contributed by atoms with van der Waals surface area (Å²) in [4.78, 5) is 36.3. The predicted octanol–water partition coefficient (Wildman–Crippen LogP) is 11.8. The van der Waals surface area contributed by atoms with E-state index in [2.05, 4.69) is 79.9 Å². The number of hydrogen-bond acceptors (Lipinski definition) is 5. The topological polar surface area (TPSA) is 119 Å². The summed E-state index contributed by atoms with van der Waals surface area (Å²) in [6.45, 7) is 4.78. The van der Waals surface area contributed by atoms with Crippen LogP contribution in [0, 0.1) is 0 Å². The molecule has 0 saturated heterocycles. The van der Waals surface area contributed by atoms with Gasteiger partial charge in [-0.25, -0.2) is 4.79 Å². The molecular weight excluding hydrogens is 649 g/mol. The van der Waals surface area contributed by atoms with Crippen LogP contribution in [0.4, 0.5) is 0 Å². The monoisotopic (exact) mass is 727 g/mol. The molecule has 0 aliphatic rings. The Morgan fingerprint density at radius 3 is 1.65 bits per heavy atom. The van der Waals surface area contributed by atoms with Gasteiger partial charge < -0.3 is 20.9 Å². The first-order valence-corrected chi connectivity index (χ1v) is 21.1. The van der Waals surface area contributed by atoms with Gasteiger partial charge in [-0.1, -0.05) is 126 Å². The van der Waals surface area contributed by atoms with Crippen molar-refractivity contribution in [2.45, 2.75) is 199 Å². The molecule has 1 amide bonds. The Bertz CT molecular complexity index is 1000. The smallest absolute Gasteiger partial charge is 0.326 e. The standard InChI is InChI=1S/C45H78N2O5/c1-3-5-7-9-11-13-15-16-17-18-20-21-23-26-30-35-41(52-44(49)39-33-29-24-22-19-14-12-10-8-6-4-2)36-31-27-25-28-32-38-43(48)47-42(45(50)51)37-34-40-46/h5,7,10-13,16-17,20-21,41-42H,3-4,6,8-9,14-15,18-19,22-40,46H2,1-2H3,(H,47,48)(H,50,51)/b7-5-,12-10-,13-11-,17-16-,21-20-. The molecule has 0 saturated carbocycles. The molecule has 7 heteroatoms. The van der Waals surface area contributed by atoms with E-state index in [1.54, 1.807) is 0 Å². The second kappa shape index (κ2) is 39.3. The van der Waals surface area contributed by atoms with E-state index in [1.165, 1.54) is 38.5 Å². The zero-order valence-corrected chi connectivity index (χ0v) is 33.4. The Hall–Kier alpha value is -2.93. The highest BCUT2D eigenvalue weighted by Gasteiger charge is 2.19. The average molecular weight is 727 g/mol. The number of carboxylic acids is 1. The fraction of sp³-hybridized carbons (Fsp3) is 0.711. The van der Waals surface area contributed by atoms with E-state index in [0.29, 0.717) is 32.2 Å². The van der Waals surface area contributed by atoms with Gasteiger partial charge in [0.15, 0.2) is 0 Å². The molecule has 298 valence electrons. The van der Waals surface area contributed by atoms with E-state index in [1.807, 2.05) is 0 Å². The Morgan fingerprint density at radius 1 is 0.577 bits per heavy atom. The van der Waals surface area contributed by atoms with Crippen molar-refractivity contribution >= 4 is 17.8 Å². The summed E-state index contributed by atoms with van der Waals surface area (Å²) in [7, 11) is 0. The summed E-state index contributed by atoms with van der Waals surface area (Å²) in [6.07, 6.45) is 48.3. The molecule has 0 radical (unpaired) electrons. The Balaban J connectivity index is 4.46. The minimum atomic E-state index is -1.01. The molecular formula is C45H78N2O5. The third kappa shape index (κ3) is 35.5. The van der Waals surface area contributed by atoms with Crippen LogP contribution in [0.2, 0.25) is 0 Å². The zero-order chi connectivity index (χ0) is 38.2. The van der Waals surface area contributed by atoms with Gasteiger partial charge in [0.25, 0.3) is 0 Å². The molecule has 0 aromatic carbocycles. The number of carbonyl (C=O) groups is 3. The maximum atomic E-state index is 12.8. The van der Waals surface area contributed by atoms with Crippen LogP contribution < -0.4 is 11.1 Å². The first kappa shape index (κ1) is 49.1. The summed E-state index contributed by atoms with van der Waals surface area (Å²) >= 11 is 0. The lowest BCUT2D eigenvalue weighted by atomic mass is 10.0. The molecule has 4 N–H and O–H groups in total. The second-order valence-electron chi connectivity index (χ2n) is 14.0. The summed E-state index contributed by atoms with van der Waals surface area (Å²) in [5.41, 5.74) is 5.48. The fourth-order valence-electron chi connectivity index (χ4n) is 5.89. The number of allylic oxidation sites excluding steroid dienone is 10. The highest BCUT2D eigenvalue weighted by molar-refractivity contribution is 5.83. The van der Waals surface area contributed by atoms with Gasteiger partial charge in [-0.3, -0.25) is 9.59 Å². The molecule has 0 aromatic rings. The Kier molecular flexibility index (Phi) is 37.1. The van der Waals surface area contributed by atoms with Crippen LogP contribution >= 0.6 is 0 Å². The van der Waals surface area contributed by atoms with Crippen LogP contribution in [0.15, 0.2) is 60.8 Å². The normalized spacial score (nSPS) is 13.3. The molecule has 0 bridgehead atoms. The summed E-state index contributed by atoms with van der Waals surface area (Å²) < 4.78 is 6.01. The molecule has 0 rings (SSSR count). The molecule has 7 nitrogen and oxygen atoms in total. The van der Waals surface area contributed by atoms with E-state index < -0.39 is 12.0 Å². The number of ether oxygens (including phenoxy) is 1. The van der Waals surface area contributed by atoms with Crippen molar-refractivity contribution < 1.29 is 24.2 Å². The molecule has 0 aromatic heterocycles. The lowest BCUT2D eigenvalue weighted by Crippen LogP contribution is -2.40. The number of carboxylic acid groups (broad SMARTS) is 1. The van der Waals surface area contributed by atoms with Gasteiger partial charge in [0.05, 0.1) is 0 Å². The number of unbranched alkanes of at least 4 members (excludes halogenated alkanes) is 13. The zero-order valence-electron chi connectivity index (χ0n) is 33.4. The second-order valence-corrected chi connectivity index (χ2v) is 14.0. The number of hydrogen-bond donors (Lipinski definition) is 3. The highest BCUT2D eigenvalue weighted by atomic mass is 16.5. The van der Waals surface area contributed by atoms with Crippen molar-refractivity contribution in [1.82, 2.24) is 5.32 Å². The number of rotatable bonds is 37. The number of carbonyl (C=O) groups excluding carboxylic acids is 2. The lowest BCUT2D eigenvalue weighted by Gasteiger charge is -2.18. The van der Waals surface area contributed by atoms with Crippen LogP contribution in [-0.2, 0) is 19.1 Å². The Morgan fingerprint density at radius 2 is 1.06 bits per heavy atom. The van der Waals surface area contributed by atoms with Gasteiger partial charge in [-0.05, 0) is 116 Å². The number of amides is 1. The minimum Gasteiger partial charge on any atom is -0.480 e. The molecule has 52 heavy (non-hydrogen) atoms. The van der Waals surface area contributed by atoms with E-state index in [-0.39, 0.29) is 18.0 Å². The van der Waals surface area contributed by atoms with Gasteiger partial charge in [-0.2, -0.15) is 0 Å². The van der Waals surface area contributed by atoms with E-state index in [0.717, 1.165) is 109 Å². The number of esters is 1. The minimum absolute atomic E-state index is 0.0309. The SMILES string of the molecule is CC/C=C\C/C=C\C/C=C\C/C=C\CCCCC(CCCCCCCC(=O)NC(CCCN)C(=O)O)OC(=O)CCCCCCC/C=C\CCCC. The maximum absolute atomic E-state index is 12.8. The summed E-state index contributed by atoms with van der Waals surface area (Å²) in [6, 6.07) is -0.864. The quantitative estimate of drug-likeness (QED) is 0.0333. The highest BCUT2D eigenvalue weighted by Crippen LogP contribution is 2.18. The number of nitrogens with one attached hydrogen (secondary N) is 1. The predicted molar refractivity (Wildman–Crippen MR) is 220 cm³/mol. The van der Waals surface area contributed by atoms with Crippen molar-refractivity contribution in [3.05, 3.63) is 60.8 Å². The van der Waals surface area contributed by atoms with Crippen molar-refractivity contribution in [1.29, 1.82) is 0 Å². The molecule has 0 heterocycles. The van der Waals surface area contributed by atoms with Gasteiger partial charge in [0.2, 0.25) is 5.91 Å². The van der Waals surface area contributed by atoms with Crippen LogP contribution in [0.5, 0.6) is 0 Å². The first-order chi connectivity index (χ1) is 25.4. The van der Waals surface area contributed by atoms with Gasteiger partial charge >= 0.3 is 11.9 Å². The number of nitrogens with two attached hydrogens (primary N) is 1. The third-order valence-electron chi connectivity index (χ3n) is 9.07. The van der Waals surface area contributed by atoms with Crippen molar-refractivity contribution in [2.24, 2.45) is 5.73 Å². The van der Waals surface area contributed by atoms with E-state index >= 15 is 0 Å². The van der Waals surface area contributed by atoms with Crippen molar-refractivity contribution in [2.75, 3.05) is 6.54 Å². The van der Waals surface area contributed by atoms with Crippen LogP contribution in [0.3, 0.4) is 0 Å². The molecule has 2 atom stereocenters. The van der Waals surface area contributed by atoms with Gasteiger partial charge in [0, 0.05) is 12.8 Å². The fourth-order valence-corrected chi connectivity index (χ4v) is 5.89. The van der Waals surface area contributed by atoms with Crippen molar-refractivity contribution in [3.8, 4) is 0 Å². The molecule has 0 aliphatic carbocycles. The lowest BCUT2D eigenvalue weighted by molar-refractivity contribution is -0.150. The molecule has 0 spiro atoms. The van der Waals surface area contributed by atoms with Crippen LogP contribution in [0.25, 0.3) is 0 Å². The van der Waals surface area contributed by atoms with E-state index in [4.69, 9.17) is 10.5 Å². The summed E-state index contributed by atoms with van der Waals surface area (Å²) in [5, 5.41) is 11.9. The van der Waals surface area contributed by atoms with Crippen LogP contribution in [0.1, 0.15) is 187 Å². The molecule has 0 aliphatic heterocycles. The van der Waals surface area contributed by atoms with Crippen LogP contribution in [-0.4, -0.2) is 41.6 Å². The number of aliphatic carboxylic acids is 1. The van der Waals surface area contributed by atoms with Gasteiger partial charge in [-0.15, -0.1) is 0 Å². The van der Waals surface area contributed by atoms with E-state index in [9.17, 15) is 19.5 Å². The largest absolute Gasteiger partial charge is 0.480 e. The Labute approximate surface area is 319 Å². The first-order valence-electron chi connectivity index (χ1n) is 21.1. The van der Waals surface area contributed by atoms with Crippen molar-refractivity contribution in [3.63, 3.8) is 0 Å².